The molecule has 0 aliphatic carbocycles. The van der Waals surface area contributed by atoms with Gasteiger partial charge in [0.15, 0.2) is 32.0 Å². The molecule has 166 valence electrons. The van der Waals surface area contributed by atoms with Gasteiger partial charge in [-0.2, -0.15) is 5.10 Å². The van der Waals surface area contributed by atoms with Crippen molar-refractivity contribution in [1.29, 1.82) is 0 Å². The first kappa shape index (κ1) is 20.1. The van der Waals surface area contributed by atoms with Crippen LogP contribution in [0.5, 0.6) is 11.5 Å². The molecular weight excluding hydrogens is 450 g/mol. The first-order valence-electron chi connectivity index (χ1n) is 9.19. The quantitative estimate of drug-likeness (QED) is 0.479. The summed E-state index contributed by atoms with van der Waals surface area (Å²) in [6, 6.07) is 3.88. The topological polar surface area (TPSA) is 144 Å². The van der Waals surface area contributed by atoms with Crippen molar-refractivity contribution in [2.24, 2.45) is 12.8 Å². The van der Waals surface area contributed by atoms with Crippen molar-refractivity contribution in [3.8, 4) is 22.9 Å². The minimum atomic E-state index is -3.89. The molecule has 1 aromatic carbocycles. The van der Waals surface area contributed by atoms with Gasteiger partial charge in [-0.1, -0.05) is 6.92 Å². The first-order valence-corrected chi connectivity index (χ1v) is 10.8. The molecule has 2 N–H and O–H groups in total. The Labute approximate surface area is 178 Å². The van der Waals surface area contributed by atoms with Crippen LogP contribution < -0.4 is 15.2 Å². The highest BCUT2D eigenvalue weighted by Gasteiger charge is 2.44. The van der Waals surface area contributed by atoms with Gasteiger partial charge in [0.25, 0.3) is 5.91 Å². The fourth-order valence-corrected chi connectivity index (χ4v) is 4.50. The summed E-state index contributed by atoms with van der Waals surface area (Å²) in [6.45, 7) is 1.44. The maximum absolute atomic E-state index is 13.4. The number of aryl methyl sites for hydroxylation is 1. The second-order valence-corrected chi connectivity index (χ2v) is 9.16. The number of carbonyl (C=O) groups excluding carboxylic acids is 1. The molecule has 4 heterocycles. The highest BCUT2D eigenvalue weighted by Crippen LogP contribution is 2.44. The predicted molar refractivity (Wildman–Crippen MR) is 105 cm³/mol. The summed E-state index contributed by atoms with van der Waals surface area (Å²) in [5.41, 5.74) is 6.02. The number of rotatable bonds is 4. The third kappa shape index (κ3) is 2.79. The van der Waals surface area contributed by atoms with Crippen LogP contribution in [-0.4, -0.2) is 50.5 Å². The zero-order valence-corrected chi connectivity index (χ0v) is 17.4. The van der Waals surface area contributed by atoms with Gasteiger partial charge in [0.1, 0.15) is 17.1 Å². The largest absolute Gasteiger partial charge is 0.586 e. The fourth-order valence-electron chi connectivity index (χ4n) is 3.52. The lowest BCUT2D eigenvalue weighted by atomic mass is 10.3. The lowest BCUT2D eigenvalue weighted by Crippen LogP contribution is -2.25. The number of imidazole rings is 1. The SMILES string of the molecule is CCS(=O)(=O)c1nn2c(C(N)=O)ccnc2c1-c1nc2cc3c(cc2n1C)OC(F)(F)O3. The summed E-state index contributed by atoms with van der Waals surface area (Å²) in [5.74, 6) is -1.37. The third-order valence-electron chi connectivity index (χ3n) is 5.04. The van der Waals surface area contributed by atoms with Crippen LogP contribution in [0.25, 0.3) is 28.1 Å². The van der Waals surface area contributed by atoms with Crippen LogP contribution >= 0.6 is 0 Å². The minimum absolute atomic E-state index is 0.0401. The van der Waals surface area contributed by atoms with Gasteiger partial charge in [-0.15, -0.1) is 8.78 Å². The van der Waals surface area contributed by atoms with E-state index in [4.69, 9.17) is 5.73 Å². The maximum Gasteiger partial charge on any atom is 0.586 e. The summed E-state index contributed by atoms with van der Waals surface area (Å²) < 4.78 is 64.0. The summed E-state index contributed by atoms with van der Waals surface area (Å²) >= 11 is 0. The Bertz CT molecular complexity index is 1560. The molecular formula is C18H14F2N6O5S. The molecule has 0 atom stereocenters. The molecule has 5 rings (SSSR count). The van der Waals surface area contributed by atoms with Crippen LogP contribution in [0, 0.1) is 0 Å². The molecule has 1 aliphatic heterocycles. The monoisotopic (exact) mass is 464 g/mol. The molecule has 0 bridgehead atoms. The summed E-state index contributed by atoms with van der Waals surface area (Å²) in [6.07, 6.45) is -2.49. The number of amides is 1. The highest BCUT2D eigenvalue weighted by molar-refractivity contribution is 7.91. The Morgan fingerprint density at radius 3 is 2.59 bits per heavy atom. The molecule has 1 aliphatic rings. The Morgan fingerprint density at radius 1 is 1.25 bits per heavy atom. The van der Waals surface area contributed by atoms with Crippen molar-refractivity contribution in [3.63, 3.8) is 0 Å². The van der Waals surface area contributed by atoms with E-state index < -0.39 is 22.0 Å². The van der Waals surface area contributed by atoms with Gasteiger partial charge >= 0.3 is 6.29 Å². The highest BCUT2D eigenvalue weighted by atomic mass is 32.2. The number of carbonyl (C=O) groups is 1. The molecule has 14 heteroatoms. The molecule has 0 unspecified atom stereocenters. The zero-order chi connectivity index (χ0) is 23.0. The van der Waals surface area contributed by atoms with Gasteiger partial charge in [-0.05, 0) is 6.07 Å². The molecule has 11 nitrogen and oxygen atoms in total. The van der Waals surface area contributed by atoms with Gasteiger partial charge in [-0.25, -0.2) is 22.9 Å². The van der Waals surface area contributed by atoms with E-state index in [9.17, 15) is 22.0 Å². The Kier molecular flexibility index (Phi) is 3.99. The van der Waals surface area contributed by atoms with Crippen molar-refractivity contribution in [3.05, 3.63) is 30.1 Å². The second kappa shape index (κ2) is 6.35. The molecule has 0 radical (unpaired) electrons. The van der Waals surface area contributed by atoms with Crippen molar-refractivity contribution in [1.82, 2.24) is 24.1 Å². The van der Waals surface area contributed by atoms with E-state index in [1.807, 2.05) is 0 Å². The predicted octanol–water partition coefficient (Wildman–Crippen LogP) is 1.50. The molecule has 3 aromatic heterocycles. The average Bonchev–Trinajstić information content (AvgIpc) is 3.35. The van der Waals surface area contributed by atoms with Crippen molar-refractivity contribution in [2.45, 2.75) is 18.2 Å². The molecule has 1 amide bonds. The average molecular weight is 464 g/mol. The van der Waals surface area contributed by atoms with E-state index >= 15 is 0 Å². The van der Waals surface area contributed by atoms with Crippen LogP contribution in [0.1, 0.15) is 17.4 Å². The van der Waals surface area contributed by atoms with E-state index in [2.05, 4.69) is 24.5 Å². The second-order valence-electron chi connectivity index (χ2n) is 6.96. The van der Waals surface area contributed by atoms with Crippen LogP contribution in [0.2, 0.25) is 0 Å². The van der Waals surface area contributed by atoms with Crippen LogP contribution in [0.3, 0.4) is 0 Å². The van der Waals surface area contributed by atoms with E-state index in [1.165, 1.54) is 35.9 Å². The number of aromatic nitrogens is 5. The standard InChI is InChI=1S/C18H14F2N6O5S/c1-3-32(28,29)17-13(15-22-5-4-9(14(21)27)26(15)24-17)16-23-8-6-11-12(7-10(8)25(16)2)31-18(19,20)30-11/h4-7H,3H2,1-2H3,(H2,21,27). The number of benzene rings is 1. The van der Waals surface area contributed by atoms with Gasteiger partial charge in [0, 0.05) is 25.4 Å². The molecule has 0 saturated heterocycles. The van der Waals surface area contributed by atoms with E-state index in [-0.39, 0.29) is 50.5 Å². The molecule has 0 saturated carbocycles. The maximum atomic E-state index is 13.4. The fraction of sp³-hybridized carbons (Fsp3) is 0.222. The van der Waals surface area contributed by atoms with E-state index in [0.717, 1.165) is 4.52 Å². The number of ether oxygens (including phenoxy) is 2. The number of primary amides is 1. The van der Waals surface area contributed by atoms with E-state index in [1.54, 1.807) is 7.05 Å². The summed E-state index contributed by atoms with van der Waals surface area (Å²) in [5, 5.41) is 3.77. The van der Waals surface area contributed by atoms with E-state index in [0.29, 0.717) is 5.52 Å². The molecule has 0 spiro atoms. The Hall–Kier alpha value is -3.81. The summed E-state index contributed by atoms with van der Waals surface area (Å²) in [7, 11) is -2.32. The number of alkyl halides is 2. The number of nitrogens with zero attached hydrogens (tertiary/aromatic N) is 5. The Morgan fingerprint density at radius 2 is 1.94 bits per heavy atom. The van der Waals surface area contributed by atoms with Crippen LogP contribution in [0.15, 0.2) is 29.4 Å². The number of fused-ring (bicyclic) bond motifs is 3. The number of nitrogens with two attached hydrogens (primary N) is 1. The van der Waals surface area contributed by atoms with Gasteiger partial charge in [-0.3, -0.25) is 4.79 Å². The van der Waals surface area contributed by atoms with Crippen molar-refractivity contribution >= 4 is 32.4 Å². The van der Waals surface area contributed by atoms with Gasteiger partial charge < -0.3 is 19.8 Å². The Balaban J connectivity index is 1.83. The number of hydrogen-bond acceptors (Lipinski definition) is 8. The number of hydrogen-bond donors (Lipinski definition) is 1. The van der Waals surface area contributed by atoms with Crippen molar-refractivity contribution < 1.29 is 31.5 Å². The summed E-state index contributed by atoms with van der Waals surface area (Å²) in [4.78, 5) is 20.5. The lowest BCUT2D eigenvalue weighted by molar-refractivity contribution is -0.286. The van der Waals surface area contributed by atoms with Crippen LogP contribution in [0.4, 0.5) is 8.78 Å². The van der Waals surface area contributed by atoms with Crippen LogP contribution in [-0.2, 0) is 16.9 Å². The van der Waals surface area contributed by atoms with Gasteiger partial charge in [0.2, 0.25) is 0 Å². The third-order valence-corrected chi connectivity index (χ3v) is 6.68. The van der Waals surface area contributed by atoms with Gasteiger partial charge in [0.05, 0.1) is 16.8 Å². The molecule has 32 heavy (non-hydrogen) atoms. The van der Waals surface area contributed by atoms with Crippen molar-refractivity contribution in [2.75, 3.05) is 5.75 Å². The zero-order valence-electron chi connectivity index (χ0n) is 16.5. The minimum Gasteiger partial charge on any atom is -0.395 e. The number of halogens is 2. The lowest BCUT2D eigenvalue weighted by Gasteiger charge is -2.05. The molecule has 0 fully saturated rings. The molecule has 4 aromatic rings. The number of sulfone groups is 1. The normalized spacial score (nSPS) is 15.0. The smallest absolute Gasteiger partial charge is 0.395 e. The first-order chi connectivity index (χ1) is 15.0.